The van der Waals surface area contributed by atoms with Gasteiger partial charge in [0.1, 0.15) is 11.3 Å². The molecule has 1 aromatic carbocycles. The number of aliphatic imine (C=N–C) groups is 1. The molecular weight excluding hydrogens is 324 g/mol. The smallest absolute Gasteiger partial charge is 0.351 e. The summed E-state index contributed by atoms with van der Waals surface area (Å²) >= 11 is 0. The van der Waals surface area contributed by atoms with Gasteiger partial charge >= 0.3 is 12.0 Å². The molecule has 0 unspecified atom stereocenters. The van der Waals surface area contributed by atoms with E-state index in [-0.39, 0.29) is 18.9 Å². The molecule has 0 saturated carbocycles. The number of hydrogen-bond acceptors (Lipinski definition) is 5. The molecule has 0 aromatic heterocycles. The molecular formula is C18H20N2O5. The number of urea groups is 1. The topological polar surface area (TPSA) is 96.3 Å². The van der Waals surface area contributed by atoms with Crippen molar-refractivity contribution in [1.29, 1.82) is 0 Å². The van der Waals surface area contributed by atoms with Crippen molar-refractivity contribution in [3.05, 3.63) is 41.5 Å². The molecule has 0 fully saturated rings. The average molecular weight is 344 g/mol. The lowest BCUT2D eigenvalue weighted by molar-refractivity contribution is -0.138. The molecule has 0 bridgehead atoms. The third-order valence-corrected chi connectivity index (χ3v) is 3.62. The van der Waals surface area contributed by atoms with Gasteiger partial charge in [-0.15, -0.1) is 0 Å². The SMILES string of the molecule is CCCCN1C(=O)N=C(C(C(=O)OCC)=C(O)c2ccccc2)C1=O. The van der Waals surface area contributed by atoms with Crippen molar-refractivity contribution in [3.63, 3.8) is 0 Å². The number of ether oxygens (including phenoxy) is 1. The molecule has 0 saturated heterocycles. The number of esters is 1. The maximum atomic E-state index is 12.5. The first kappa shape index (κ1) is 18.4. The van der Waals surface area contributed by atoms with E-state index in [1.807, 2.05) is 6.92 Å². The molecule has 1 aromatic rings. The van der Waals surface area contributed by atoms with Crippen LogP contribution in [-0.2, 0) is 14.3 Å². The van der Waals surface area contributed by atoms with Gasteiger partial charge in [-0.25, -0.2) is 9.59 Å². The highest BCUT2D eigenvalue weighted by atomic mass is 16.5. The molecule has 2 rings (SSSR count). The number of aliphatic hydroxyl groups is 1. The molecule has 7 nitrogen and oxygen atoms in total. The summed E-state index contributed by atoms with van der Waals surface area (Å²) in [5.74, 6) is -2.05. The van der Waals surface area contributed by atoms with Crippen molar-refractivity contribution in [2.45, 2.75) is 26.7 Å². The monoisotopic (exact) mass is 344 g/mol. The van der Waals surface area contributed by atoms with Crippen molar-refractivity contribution in [3.8, 4) is 0 Å². The summed E-state index contributed by atoms with van der Waals surface area (Å²) in [7, 11) is 0. The molecule has 1 aliphatic heterocycles. The lowest BCUT2D eigenvalue weighted by Crippen LogP contribution is -2.35. The first-order valence-corrected chi connectivity index (χ1v) is 8.11. The van der Waals surface area contributed by atoms with Gasteiger partial charge < -0.3 is 9.84 Å². The average Bonchev–Trinajstić information content (AvgIpc) is 2.88. The Balaban J connectivity index is 2.47. The van der Waals surface area contributed by atoms with Crippen molar-refractivity contribution in [2.75, 3.05) is 13.2 Å². The summed E-state index contributed by atoms with van der Waals surface area (Å²) in [4.78, 5) is 41.5. The van der Waals surface area contributed by atoms with E-state index in [4.69, 9.17) is 4.74 Å². The molecule has 0 radical (unpaired) electrons. The van der Waals surface area contributed by atoms with Gasteiger partial charge in [-0.3, -0.25) is 9.69 Å². The van der Waals surface area contributed by atoms with E-state index in [0.717, 1.165) is 11.3 Å². The molecule has 132 valence electrons. The zero-order valence-electron chi connectivity index (χ0n) is 14.2. The Morgan fingerprint density at radius 2 is 1.88 bits per heavy atom. The third kappa shape index (κ3) is 3.93. The maximum absolute atomic E-state index is 12.5. The Labute approximate surface area is 145 Å². The zero-order chi connectivity index (χ0) is 18.4. The van der Waals surface area contributed by atoms with Crippen LogP contribution < -0.4 is 0 Å². The van der Waals surface area contributed by atoms with Gasteiger partial charge in [0, 0.05) is 12.1 Å². The number of carbonyl (C=O) groups excluding carboxylic acids is 3. The van der Waals surface area contributed by atoms with Gasteiger partial charge in [0.2, 0.25) is 0 Å². The zero-order valence-corrected chi connectivity index (χ0v) is 14.2. The van der Waals surface area contributed by atoms with E-state index in [0.29, 0.717) is 12.0 Å². The molecule has 7 heteroatoms. The molecule has 0 aliphatic carbocycles. The van der Waals surface area contributed by atoms with Crippen LogP contribution in [0.4, 0.5) is 4.79 Å². The standard InChI is InChI=1S/C18H20N2O5/c1-3-5-11-20-16(22)14(19-18(20)24)13(17(23)25-4-2)15(21)12-9-7-6-8-10-12/h6-10,21H,3-5,11H2,1-2H3. The number of rotatable bonds is 7. The van der Waals surface area contributed by atoms with Crippen LogP contribution in [-0.4, -0.2) is 46.8 Å². The minimum atomic E-state index is -0.902. The number of benzene rings is 1. The summed E-state index contributed by atoms with van der Waals surface area (Å²) in [5.41, 5.74) is -0.466. The molecule has 0 spiro atoms. The largest absolute Gasteiger partial charge is 0.506 e. The Morgan fingerprint density at radius 3 is 2.48 bits per heavy atom. The van der Waals surface area contributed by atoms with E-state index in [1.54, 1.807) is 37.3 Å². The maximum Gasteiger partial charge on any atom is 0.351 e. The van der Waals surface area contributed by atoms with E-state index in [2.05, 4.69) is 4.99 Å². The Hall–Kier alpha value is -2.96. The number of nitrogens with zero attached hydrogens (tertiary/aromatic N) is 2. The Kier molecular flexibility index (Phi) is 6.05. The molecule has 0 atom stereocenters. The van der Waals surface area contributed by atoms with Crippen molar-refractivity contribution >= 4 is 29.4 Å². The number of hydrogen-bond donors (Lipinski definition) is 1. The van der Waals surface area contributed by atoms with Crippen LogP contribution in [0.1, 0.15) is 32.3 Å². The first-order chi connectivity index (χ1) is 12.0. The van der Waals surface area contributed by atoms with Crippen LogP contribution >= 0.6 is 0 Å². The van der Waals surface area contributed by atoms with Gasteiger partial charge in [0.25, 0.3) is 5.91 Å². The van der Waals surface area contributed by atoms with Crippen LogP contribution in [0.25, 0.3) is 5.76 Å². The van der Waals surface area contributed by atoms with E-state index in [1.165, 1.54) is 0 Å². The lowest BCUT2D eigenvalue weighted by Gasteiger charge is -2.13. The predicted molar refractivity (Wildman–Crippen MR) is 92.1 cm³/mol. The lowest BCUT2D eigenvalue weighted by atomic mass is 10.0. The van der Waals surface area contributed by atoms with Crippen LogP contribution in [0.5, 0.6) is 0 Å². The Bertz CT molecular complexity index is 737. The van der Waals surface area contributed by atoms with E-state index in [9.17, 15) is 19.5 Å². The number of amides is 3. The van der Waals surface area contributed by atoms with E-state index >= 15 is 0 Å². The van der Waals surface area contributed by atoms with Crippen LogP contribution in [0.15, 0.2) is 40.9 Å². The van der Waals surface area contributed by atoms with E-state index < -0.39 is 29.2 Å². The van der Waals surface area contributed by atoms with Crippen LogP contribution in [0.3, 0.4) is 0 Å². The van der Waals surface area contributed by atoms with Gasteiger partial charge in [-0.2, -0.15) is 4.99 Å². The predicted octanol–water partition coefficient (Wildman–Crippen LogP) is 2.72. The second kappa shape index (κ2) is 8.23. The van der Waals surface area contributed by atoms with Gasteiger partial charge in [-0.1, -0.05) is 43.7 Å². The fourth-order valence-corrected chi connectivity index (χ4v) is 2.34. The fourth-order valence-electron chi connectivity index (χ4n) is 2.34. The quantitative estimate of drug-likeness (QED) is 0.466. The molecule has 3 amide bonds. The van der Waals surface area contributed by atoms with Gasteiger partial charge in [0.15, 0.2) is 5.71 Å². The van der Waals surface area contributed by atoms with Gasteiger partial charge in [0.05, 0.1) is 6.61 Å². The molecule has 1 aliphatic rings. The number of unbranched alkanes of at least 4 members (excludes halogenated alkanes) is 1. The number of carbonyl (C=O) groups is 3. The van der Waals surface area contributed by atoms with Crippen molar-refractivity contribution in [1.82, 2.24) is 4.90 Å². The van der Waals surface area contributed by atoms with Crippen molar-refractivity contribution in [2.24, 2.45) is 4.99 Å². The summed E-state index contributed by atoms with van der Waals surface area (Å²) < 4.78 is 4.94. The summed E-state index contributed by atoms with van der Waals surface area (Å²) in [6.45, 7) is 3.80. The van der Waals surface area contributed by atoms with Crippen LogP contribution in [0.2, 0.25) is 0 Å². The van der Waals surface area contributed by atoms with Crippen LogP contribution in [0, 0.1) is 0 Å². The highest BCUT2D eigenvalue weighted by Crippen LogP contribution is 2.22. The minimum Gasteiger partial charge on any atom is -0.506 e. The summed E-state index contributed by atoms with van der Waals surface area (Å²) in [6, 6.07) is 7.50. The normalized spacial score (nSPS) is 15.1. The van der Waals surface area contributed by atoms with Crippen molar-refractivity contribution < 1.29 is 24.2 Å². The number of imide groups is 1. The first-order valence-electron chi connectivity index (χ1n) is 8.11. The molecule has 25 heavy (non-hydrogen) atoms. The highest BCUT2D eigenvalue weighted by molar-refractivity contribution is 6.57. The highest BCUT2D eigenvalue weighted by Gasteiger charge is 2.39. The Morgan fingerprint density at radius 1 is 1.20 bits per heavy atom. The molecule has 1 heterocycles. The number of aliphatic hydroxyl groups excluding tert-OH is 1. The fraction of sp³-hybridized carbons (Fsp3) is 0.333. The van der Waals surface area contributed by atoms with Gasteiger partial charge in [-0.05, 0) is 13.3 Å². The summed E-state index contributed by atoms with van der Waals surface area (Å²) in [5, 5.41) is 10.5. The summed E-state index contributed by atoms with van der Waals surface area (Å²) in [6.07, 6.45) is 1.42. The molecule has 1 N–H and O–H groups in total. The second-order valence-electron chi connectivity index (χ2n) is 5.36. The third-order valence-electron chi connectivity index (χ3n) is 3.62. The second-order valence-corrected chi connectivity index (χ2v) is 5.36. The minimum absolute atomic E-state index is 0.0549.